The molecule has 1 aromatic rings. The summed E-state index contributed by atoms with van der Waals surface area (Å²) < 4.78 is 15.3. The molecule has 0 unspecified atom stereocenters. The van der Waals surface area contributed by atoms with E-state index in [9.17, 15) is 14.4 Å². The zero-order chi connectivity index (χ0) is 9.90. The van der Waals surface area contributed by atoms with Gasteiger partial charge in [-0.25, -0.2) is 0 Å². The summed E-state index contributed by atoms with van der Waals surface area (Å²) in [4.78, 5) is 20.8. The van der Waals surface area contributed by atoms with Crippen LogP contribution in [0.2, 0.25) is 0 Å². The minimum atomic E-state index is -4.45. The van der Waals surface area contributed by atoms with Crippen LogP contribution in [0.4, 0.5) is 0 Å². The molecule has 0 fully saturated rings. The zero-order valence-electron chi connectivity index (χ0n) is 7.10. The molecule has 0 atom stereocenters. The van der Waals surface area contributed by atoms with Gasteiger partial charge in [-0.3, -0.25) is 0 Å². The maximum atomic E-state index is 10.4. The lowest BCUT2D eigenvalue weighted by Crippen LogP contribution is -2.15. The summed E-state index contributed by atoms with van der Waals surface area (Å²) in [5, 5.41) is 0. The van der Waals surface area contributed by atoms with Crippen LogP contribution >= 0.6 is 7.60 Å². The monoisotopic (exact) mass is 200 g/mol. The SMILES string of the molecule is COc1ccc(CP(=O)([O-])[O-])cc1. The predicted octanol–water partition coefficient (Wildman–Crippen LogP) is 0.109. The second-order valence-electron chi connectivity index (χ2n) is 2.62. The van der Waals surface area contributed by atoms with Gasteiger partial charge in [-0.05, 0) is 17.7 Å². The molecule has 0 aliphatic rings. The largest absolute Gasteiger partial charge is 0.810 e. The molecule has 0 bridgehead atoms. The molecule has 72 valence electrons. The van der Waals surface area contributed by atoms with Crippen molar-refractivity contribution in [3.8, 4) is 5.75 Å². The fourth-order valence-corrected chi connectivity index (χ4v) is 1.61. The average Bonchev–Trinajstić information content (AvgIpc) is 2.03. The van der Waals surface area contributed by atoms with Gasteiger partial charge in [-0.1, -0.05) is 19.7 Å². The maximum absolute atomic E-state index is 10.4. The van der Waals surface area contributed by atoms with Gasteiger partial charge < -0.3 is 19.1 Å². The predicted molar refractivity (Wildman–Crippen MR) is 44.3 cm³/mol. The van der Waals surface area contributed by atoms with Crippen LogP contribution in [0.15, 0.2) is 24.3 Å². The van der Waals surface area contributed by atoms with E-state index in [-0.39, 0.29) is 0 Å². The summed E-state index contributed by atoms with van der Waals surface area (Å²) >= 11 is 0. The lowest BCUT2D eigenvalue weighted by Gasteiger charge is -2.29. The molecule has 4 nitrogen and oxygen atoms in total. The minimum Gasteiger partial charge on any atom is -0.810 e. The molecule has 13 heavy (non-hydrogen) atoms. The van der Waals surface area contributed by atoms with Crippen LogP contribution in [0.1, 0.15) is 5.56 Å². The van der Waals surface area contributed by atoms with Gasteiger partial charge in [0.2, 0.25) is 0 Å². The number of hydrogen-bond acceptors (Lipinski definition) is 4. The van der Waals surface area contributed by atoms with Crippen molar-refractivity contribution in [1.82, 2.24) is 0 Å². The number of benzene rings is 1. The Labute approximate surface area is 76.3 Å². The van der Waals surface area contributed by atoms with E-state index in [1.807, 2.05) is 0 Å². The molecular weight excluding hydrogens is 191 g/mol. The molecular formula is C8H9O4P-2. The van der Waals surface area contributed by atoms with Gasteiger partial charge in [-0.15, -0.1) is 0 Å². The van der Waals surface area contributed by atoms with Crippen LogP contribution in [-0.4, -0.2) is 7.11 Å². The van der Waals surface area contributed by atoms with E-state index in [2.05, 4.69) is 0 Å². The van der Waals surface area contributed by atoms with E-state index >= 15 is 0 Å². The van der Waals surface area contributed by atoms with Crippen molar-refractivity contribution in [2.75, 3.05) is 7.11 Å². The van der Waals surface area contributed by atoms with Crippen molar-refractivity contribution in [3.05, 3.63) is 29.8 Å². The van der Waals surface area contributed by atoms with Crippen LogP contribution in [0.3, 0.4) is 0 Å². The molecule has 0 amide bonds. The van der Waals surface area contributed by atoms with Crippen molar-refractivity contribution < 1.29 is 19.1 Å². The molecule has 5 heteroatoms. The van der Waals surface area contributed by atoms with Crippen LogP contribution in [0.5, 0.6) is 5.75 Å². The second kappa shape index (κ2) is 3.92. The fraction of sp³-hybridized carbons (Fsp3) is 0.250. The molecule has 0 N–H and O–H groups in total. The quantitative estimate of drug-likeness (QED) is 0.649. The Balaban J connectivity index is 2.76. The third-order valence-corrected chi connectivity index (χ3v) is 2.29. The molecule has 0 spiro atoms. The summed E-state index contributed by atoms with van der Waals surface area (Å²) in [6, 6.07) is 6.35. The normalized spacial score (nSPS) is 11.3. The summed E-state index contributed by atoms with van der Waals surface area (Å²) in [5.41, 5.74) is 0.481. The molecule has 0 saturated carbocycles. The highest BCUT2D eigenvalue weighted by Crippen LogP contribution is 2.29. The second-order valence-corrected chi connectivity index (χ2v) is 4.16. The molecule has 0 saturated heterocycles. The third-order valence-electron chi connectivity index (χ3n) is 1.54. The fourth-order valence-electron chi connectivity index (χ4n) is 0.955. The van der Waals surface area contributed by atoms with Crippen molar-refractivity contribution >= 4 is 7.60 Å². The molecule has 0 heterocycles. The van der Waals surface area contributed by atoms with E-state index in [1.54, 1.807) is 24.3 Å². The van der Waals surface area contributed by atoms with Crippen LogP contribution in [-0.2, 0) is 10.7 Å². The van der Waals surface area contributed by atoms with Gasteiger partial charge in [0.05, 0.1) is 7.11 Å². The van der Waals surface area contributed by atoms with E-state index < -0.39 is 13.8 Å². The maximum Gasteiger partial charge on any atom is 0.118 e. The van der Waals surface area contributed by atoms with E-state index in [4.69, 9.17) is 4.74 Å². The lowest BCUT2D eigenvalue weighted by atomic mass is 10.2. The van der Waals surface area contributed by atoms with E-state index in [0.29, 0.717) is 11.3 Å². The molecule has 0 aromatic heterocycles. The molecule has 0 radical (unpaired) electrons. The van der Waals surface area contributed by atoms with Crippen LogP contribution in [0, 0.1) is 0 Å². The molecule has 0 aliphatic heterocycles. The Morgan fingerprint density at radius 1 is 1.31 bits per heavy atom. The van der Waals surface area contributed by atoms with Crippen molar-refractivity contribution in [2.24, 2.45) is 0 Å². The van der Waals surface area contributed by atoms with Gasteiger partial charge in [0, 0.05) is 6.16 Å². The zero-order valence-corrected chi connectivity index (χ0v) is 7.99. The number of methoxy groups -OCH3 is 1. The van der Waals surface area contributed by atoms with Gasteiger partial charge in [0.1, 0.15) is 5.75 Å². The average molecular weight is 200 g/mol. The first-order valence-corrected chi connectivity index (χ1v) is 5.38. The minimum absolute atomic E-state index is 0.447. The first kappa shape index (κ1) is 10.3. The van der Waals surface area contributed by atoms with Gasteiger partial charge in [0.25, 0.3) is 0 Å². The van der Waals surface area contributed by atoms with Crippen molar-refractivity contribution in [3.63, 3.8) is 0 Å². The molecule has 0 aliphatic carbocycles. The standard InChI is InChI=1S/C8H11O4P/c1-12-8-4-2-7(3-5-8)6-13(9,10)11/h2-5H,6H2,1H3,(H2,9,10,11)/p-2. The topological polar surface area (TPSA) is 72.4 Å². The Bertz CT molecular complexity index is 313. The van der Waals surface area contributed by atoms with Gasteiger partial charge >= 0.3 is 0 Å². The summed E-state index contributed by atoms with van der Waals surface area (Å²) in [7, 11) is -2.94. The Morgan fingerprint density at radius 3 is 2.23 bits per heavy atom. The van der Waals surface area contributed by atoms with E-state index in [1.165, 1.54) is 7.11 Å². The molecule has 1 aromatic carbocycles. The lowest BCUT2D eigenvalue weighted by molar-refractivity contribution is -0.314. The van der Waals surface area contributed by atoms with Crippen molar-refractivity contribution in [2.45, 2.75) is 6.16 Å². The van der Waals surface area contributed by atoms with Crippen molar-refractivity contribution in [1.29, 1.82) is 0 Å². The summed E-state index contributed by atoms with van der Waals surface area (Å²) in [6.07, 6.45) is -0.447. The Morgan fingerprint density at radius 2 is 1.85 bits per heavy atom. The first-order valence-electron chi connectivity index (χ1n) is 3.65. The Hall–Kier alpha value is -0.830. The first-order chi connectivity index (χ1) is 6.01. The summed E-state index contributed by atoms with van der Waals surface area (Å²) in [5.74, 6) is 0.635. The third kappa shape index (κ3) is 3.59. The highest BCUT2D eigenvalue weighted by atomic mass is 31.2. The Kier molecular flexibility index (Phi) is 3.09. The van der Waals surface area contributed by atoms with Gasteiger partial charge in [0.15, 0.2) is 0 Å². The smallest absolute Gasteiger partial charge is 0.118 e. The highest BCUT2D eigenvalue weighted by molar-refractivity contribution is 7.47. The number of ether oxygens (including phenoxy) is 1. The van der Waals surface area contributed by atoms with Gasteiger partial charge in [-0.2, -0.15) is 0 Å². The van der Waals surface area contributed by atoms with E-state index in [0.717, 1.165) is 0 Å². The highest BCUT2D eigenvalue weighted by Gasteiger charge is 1.96. The molecule has 1 rings (SSSR count). The van der Waals surface area contributed by atoms with Crippen LogP contribution in [0.25, 0.3) is 0 Å². The number of rotatable bonds is 3. The number of hydrogen-bond donors (Lipinski definition) is 0. The summed E-state index contributed by atoms with van der Waals surface area (Å²) in [6.45, 7) is 0. The van der Waals surface area contributed by atoms with Crippen LogP contribution < -0.4 is 14.5 Å².